The molecular weight excluding hydrogens is 421 g/mol. The maximum atomic E-state index is 12.2. The molecule has 2 aromatic rings. The van der Waals surface area contributed by atoms with Crippen LogP contribution in [0.1, 0.15) is 11.1 Å². The molecule has 0 fully saturated rings. The Morgan fingerprint density at radius 1 is 1.04 bits per heavy atom. The highest BCUT2D eigenvalue weighted by molar-refractivity contribution is 7.95. The zero-order valence-corrected chi connectivity index (χ0v) is 16.0. The van der Waals surface area contributed by atoms with Crippen LogP contribution in [0.4, 0.5) is 5.69 Å². The highest BCUT2D eigenvalue weighted by Crippen LogP contribution is 2.25. The quantitative estimate of drug-likeness (QED) is 0.750. The number of nitriles is 1. The number of anilines is 1. The van der Waals surface area contributed by atoms with Crippen LogP contribution in [0.25, 0.3) is 6.08 Å². The molecule has 2 rings (SSSR count). The highest BCUT2D eigenvalue weighted by Gasteiger charge is 2.18. The fourth-order valence-electron chi connectivity index (χ4n) is 1.90. The average molecular weight is 432 g/mol. The van der Waals surface area contributed by atoms with Crippen molar-refractivity contribution in [3.05, 3.63) is 63.0 Å². The zero-order valence-electron chi connectivity index (χ0n) is 12.8. The lowest BCUT2D eigenvalue weighted by atomic mass is 10.2. The van der Waals surface area contributed by atoms with E-state index in [-0.39, 0.29) is 16.3 Å². The Hall–Kier alpha value is -2.09. The van der Waals surface area contributed by atoms with E-state index in [9.17, 15) is 16.8 Å². The lowest BCUT2D eigenvalue weighted by molar-refractivity contribution is 0.598. The predicted octanol–water partition coefficient (Wildman–Crippen LogP) is 2.93. The molecule has 7 nitrogen and oxygen atoms in total. The first-order valence-electron chi connectivity index (χ1n) is 6.75. The monoisotopic (exact) mass is 431 g/mol. The molecular formula is C15H11Cl2N3O4S2. The third-order valence-corrected chi connectivity index (χ3v) is 5.76. The van der Waals surface area contributed by atoms with Crippen LogP contribution in [0.2, 0.25) is 10.0 Å². The Balaban J connectivity index is 2.38. The third kappa shape index (κ3) is 5.20. The van der Waals surface area contributed by atoms with Crippen LogP contribution < -0.4 is 9.86 Å². The molecule has 0 aliphatic heterocycles. The highest BCUT2D eigenvalue weighted by atomic mass is 35.5. The Labute approximate surface area is 160 Å². The van der Waals surface area contributed by atoms with Crippen molar-refractivity contribution in [2.24, 2.45) is 5.14 Å². The van der Waals surface area contributed by atoms with Crippen molar-refractivity contribution in [1.29, 1.82) is 5.26 Å². The molecule has 0 aliphatic rings. The van der Waals surface area contributed by atoms with Gasteiger partial charge in [-0.1, -0.05) is 29.3 Å². The summed E-state index contributed by atoms with van der Waals surface area (Å²) in [4.78, 5) is -0.456. The Morgan fingerprint density at radius 3 is 2.31 bits per heavy atom. The normalized spacial score (nSPS) is 12.1. The van der Waals surface area contributed by atoms with Crippen LogP contribution >= 0.6 is 23.2 Å². The van der Waals surface area contributed by atoms with E-state index in [0.717, 1.165) is 17.5 Å². The second-order valence-electron chi connectivity index (χ2n) is 4.99. The first-order chi connectivity index (χ1) is 12.0. The maximum Gasteiger partial charge on any atom is 0.255 e. The van der Waals surface area contributed by atoms with Crippen LogP contribution in [0.15, 0.2) is 46.7 Å². The summed E-state index contributed by atoms with van der Waals surface area (Å²) in [5, 5.41) is 15.4. The van der Waals surface area contributed by atoms with Gasteiger partial charge in [0.2, 0.25) is 10.0 Å². The number of hydrogen-bond donors (Lipinski definition) is 2. The van der Waals surface area contributed by atoms with Crippen LogP contribution in [-0.4, -0.2) is 16.8 Å². The number of rotatable bonds is 5. The molecule has 26 heavy (non-hydrogen) atoms. The summed E-state index contributed by atoms with van der Waals surface area (Å²) in [6.45, 7) is 0. The molecule has 0 aliphatic carbocycles. The fourth-order valence-corrected chi connectivity index (χ4v) is 3.82. The summed E-state index contributed by atoms with van der Waals surface area (Å²) in [6.07, 6.45) is 1.25. The fraction of sp³-hybridized carbons (Fsp3) is 0. The number of halogens is 2. The van der Waals surface area contributed by atoms with Crippen molar-refractivity contribution >= 4 is 55.0 Å². The number of nitrogens with zero attached hydrogens (tertiary/aromatic N) is 1. The van der Waals surface area contributed by atoms with E-state index < -0.39 is 24.9 Å². The van der Waals surface area contributed by atoms with Crippen molar-refractivity contribution in [1.82, 2.24) is 0 Å². The second-order valence-corrected chi connectivity index (χ2v) is 8.90. The van der Waals surface area contributed by atoms with Gasteiger partial charge in [0.25, 0.3) is 10.0 Å². The first-order valence-corrected chi connectivity index (χ1v) is 10.6. The van der Waals surface area contributed by atoms with E-state index in [2.05, 4.69) is 4.72 Å². The van der Waals surface area contributed by atoms with Crippen LogP contribution in [-0.2, 0) is 20.0 Å². The molecule has 2 aromatic carbocycles. The van der Waals surface area contributed by atoms with Crippen LogP contribution in [0.3, 0.4) is 0 Å². The van der Waals surface area contributed by atoms with Crippen molar-refractivity contribution in [3.8, 4) is 6.07 Å². The molecule has 0 aromatic heterocycles. The van der Waals surface area contributed by atoms with Crippen molar-refractivity contribution < 1.29 is 16.8 Å². The van der Waals surface area contributed by atoms with Gasteiger partial charge in [-0.2, -0.15) is 5.26 Å². The van der Waals surface area contributed by atoms with E-state index in [1.807, 2.05) is 0 Å². The minimum atomic E-state index is -4.20. The van der Waals surface area contributed by atoms with Crippen molar-refractivity contribution in [3.63, 3.8) is 0 Å². The molecule has 0 bridgehead atoms. The molecule has 0 unspecified atom stereocenters. The largest absolute Gasteiger partial charge is 0.279 e. The summed E-state index contributed by atoms with van der Waals surface area (Å²) in [6, 6.07) is 9.63. The van der Waals surface area contributed by atoms with Crippen molar-refractivity contribution in [2.75, 3.05) is 4.72 Å². The molecule has 11 heteroatoms. The lowest BCUT2D eigenvalue weighted by Gasteiger charge is -2.09. The topological polar surface area (TPSA) is 130 Å². The Bertz CT molecular complexity index is 1140. The number of hydrogen-bond acceptors (Lipinski definition) is 5. The standard InChI is InChI=1S/C15H11Cl2N3O4S2/c16-12-3-1-10(7-13(12)17)5-6-25(21,22)20-14-8-11(9-18)2-4-15(14)26(19,23)24/h1-8,20H,(H2,19,23,24). The van der Waals surface area contributed by atoms with Gasteiger partial charge in [-0.3, -0.25) is 4.72 Å². The van der Waals surface area contributed by atoms with Gasteiger partial charge >= 0.3 is 0 Å². The number of nitrogens with one attached hydrogen (secondary N) is 1. The first kappa shape index (κ1) is 20.2. The van der Waals surface area contributed by atoms with E-state index in [4.69, 9.17) is 33.6 Å². The Morgan fingerprint density at radius 2 is 1.73 bits per heavy atom. The summed E-state index contributed by atoms with van der Waals surface area (Å²) in [7, 11) is -8.30. The van der Waals surface area contributed by atoms with E-state index in [1.54, 1.807) is 12.1 Å². The van der Waals surface area contributed by atoms with E-state index in [1.165, 1.54) is 24.3 Å². The minimum Gasteiger partial charge on any atom is -0.279 e. The molecule has 0 spiro atoms. The number of sulfonamides is 2. The molecule has 0 radical (unpaired) electrons. The minimum absolute atomic E-state index is 0.0589. The van der Waals surface area contributed by atoms with Crippen molar-refractivity contribution in [2.45, 2.75) is 4.90 Å². The summed E-state index contributed by atoms with van der Waals surface area (Å²) in [5.41, 5.74) is 0.191. The maximum absolute atomic E-state index is 12.2. The Kier molecular flexibility index (Phi) is 5.95. The van der Waals surface area contributed by atoms with Gasteiger partial charge in [-0.15, -0.1) is 0 Å². The SMILES string of the molecule is N#Cc1ccc(S(N)(=O)=O)c(NS(=O)(=O)C=Cc2ccc(Cl)c(Cl)c2)c1. The van der Waals surface area contributed by atoms with E-state index in [0.29, 0.717) is 10.6 Å². The van der Waals surface area contributed by atoms with Gasteiger partial charge < -0.3 is 0 Å². The smallest absolute Gasteiger partial charge is 0.255 e. The molecule has 0 saturated carbocycles. The van der Waals surface area contributed by atoms with Gasteiger partial charge in [0, 0.05) is 0 Å². The number of primary sulfonamides is 1. The number of benzene rings is 2. The zero-order chi connectivity index (χ0) is 19.5. The van der Waals surface area contributed by atoms with Gasteiger partial charge in [-0.25, -0.2) is 22.0 Å². The van der Waals surface area contributed by atoms with Gasteiger partial charge in [0.1, 0.15) is 4.90 Å². The summed E-state index contributed by atoms with van der Waals surface area (Å²) >= 11 is 11.6. The predicted molar refractivity (Wildman–Crippen MR) is 101 cm³/mol. The molecule has 0 atom stereocenters. The molecule has 0 heterocycles. The molecule has 0 amide bonds. The molecule has 0 saturated heterocycles. The third-order valence-electron chi connectivity index (χ3n) is 3.05. The second kappa shape index (κ2) is 7.65. The van der Waals surface area contributed by atoms with Crippen LogP contribution in [0, 0.1) is 11.3 Å². The van der Waals surface area contributed by atoms with Crippen LogP contribution in [0.5, 0.6) is 0 Å². The van der Waals surface area contributed by atoms with E-state index >= 15 is 0 Å². The van der Waals surface area contributed by atoms with Gasteiger partial charge in [0.05, 0.1) is 32.8 Å². The summed E-state index contributed by atoms with van der Waals surface area (Å²) < 4.78 is 49.7. The van der Waals surface area contributed by atoms with Gasteiger partial charge in [0.15, 0.2) is 0 Å². The summed E-state index contributed by atoms with van der Waals surface area (Å²) in [5.74, 6) is 0. The number of nitrogens with two attached hydrogens (primary N) is 1. The van der Waals surface area contributed by atoms with Gasteiger partial charge in [-0.05, 0) is 42.0 Å². The average Bonchev–Trinajstić information content (AvgIpc) is 2.54. The lowest BCUT2D eigenvalue weighted by Crippen LogP contribution is -2.17. The molecule has 136 valence electrons. The molecule has 3 N–H and O–H groups in total.